The number of hydrogen-bond acceptors (Lipinski definition) is 4. The van der Waals surface area contributed by atoms with Crippen molar-refractivity contribution >= 4 is 29.5 Å². The molecule has 0 bridgehead atoms. The van der Waals surface area contributed by atoms with Crippen LogP contribution in [0.15, 0.2) is 78.9 Å². The summed E-state index contributed by atoms with van der Waals surface area (Å²) >= 11 is 0. The summed E-state index contributed by atoms with van der Waals surface area (Å²) in [6.45, 7) is 0.445. The van der Waals surface area contributed by atoms with Crippen molar-refractivity contribution in [1.82, 2.24) is 0 Å². The molecule has 0 fully saturated rings. The quantitative estimate of drug-likeness (QED) is 0.513. The third-order valence-corrected chi connectivity index (χ3v) is 4.19. The van der Waals surface area contributed by atoms with Gasteiger partial charge in [0.1, 0.15) is 18.2 Å². The molecular formula is C24H21FN2O4. The molecule has 3 aromatic rings. The van der Waals surface area contributed by atoms with Gasteiger partial charge in [-0.3, -0.25) is 10.1 Å². The fourth-order valence-corrected chi connectivity index (χ4v) is 2.66. The minimum absolute atomic E-state index is 0.100. The SMILES string of the molecule is COC(=O)Nc1cc(NC(=O)C=Cc2cccc(OCc3ccccc3)c2)ccc1F. The first-order chi connectivity index (χ1) is 15.0. The standard InChI is InChI=1S/C24H21FN2O4/c1-30-24(29)27-22-15-19(11-12-21(22)25)26-23(28)13-10-17-8-5-9-20(14-17)31-16-18-6-3-2-4-7-18/h2-15H,16H2,1H3,(H,26,28)(H,27,29). The molecule has 0 spiro atoms. The van der Waals surface area contributed by atoms with Crippen LogP contribution in [0.4, 0.5) is 20.6 Å². The molecule has 0 aliphatic heterocycles. The highest BCUT2D eigenvalue weighted by Crippen LogP contribution is 2.20. The summed E-state index contributed by atoms with van der Waals surface area (Å²) in [7, 11) is 1.17. The Labute approximate surface area is 179 Å². The number of benzene rings is 3. The maximum Gasteiger partial charge on any atom is 0.411 e. The third kappa shape index (κ3) is 6.71. The fraction of sp³-hybridized carbons (Fsp3) is 0.0833. The fourth-order valence-electron chi connectivity index (χ4n) is 2.66. The van der Waals surface area contributed by atoms with Crippen LogP contribution in [0.5, 0.6) is 5.75 Å². The molecule has 0 radical (unpaired) electrons. The van der Waals surface area contributed by atoms with E-state index in [-0.39, 0.29) is 5.69 Å². The Balaban J connectivity index is 1.60. The predicted octanol–water partition coefficient (Wildman–Crippen LogP) is 5.23. The van der Waals surface area contributed by atoms with Gasteiger partial charge in [0.2, 0.25) is 5.91 Å². The summed E-state index contributed by atoms with van der Waals surface area (Å²) < 4.78 is 24.0. The lowest BCUT2D eigenvalue weighted by molar-refractivity contribution is -0.111. The molecule has 158 valence electrons. The van der Waals surface area contributed by atoms with Crippen LogP contribution in [0.1, 0.15) is 11.1 Å². The van der Waals surface area contributed by atoms with Crippen LogP contribution >= 0.6 is 0 Å². The lowest BCUT2D eigenvalue weighted by Crippen LogP contribution is -2.13. The highest BCUT2D eigenvalue weighted by molar-refractivity contribution is 6.02. The molecule has 0 atom stereocenters. The van der Waals surface area contributed by atoms with Crippen molar-refractivity contribution in [2.24, 2.45) is 0 Å². The van der Waals surface area contributed by atoms with E-state index in [9.17, 15) is 14.0 Å². The molecule has 0 unspecified atom stereocenters. The Morgan fingerprint density at radius 2 is 1.77 bits per heavy atom. The largest absolute Gasteiger partial charge is 0.489 e. The van der Waals surface area contributed by atoms with Gasteiger partial charge in [-0.15, -0.1) is 0 Å². The van der Waals surface area contributed by atoms with Gasteiger partial charge in [-0.25, -0.2) is 9.18 Å². The Hall–Kier alpha value is -4.13. The second-order valence-corrected chi connectivity index (χ2v) is 6.48. The van der Waals surface area contributed by atoms with Gasteiger partial charge in [0.05, 0.1) is 12.8 Å². The first-order valence-corrected chi connectivity index (χ1v) is 9.44. The highest BCUT2D eigenvalue weighted by atomic mass is 19.1. The van der Waals surface area contributed by atoms with E-state index in [1.54, 1.807) is 6.08 Å². The lowest BCUT2D eigenvalue weighted by Gasteiger charge is -2.08. The van der Waals surface area contributed by atoms with Gasteiger partial charge in [-0.2, -0.15) is 0 Å². The molecular weight excluding hydrogens is 399 g/mol. The maximum absolute atomic E-state index is 13.8. The van der Waals surface area contributed by atoms with Gasteiger partial charge in [0, 0.05) is 11.8 Å². The van der Waals surface area contributed by atoms with Gasteiger partial charge < -0.3 is 14.8 Å². The van der Waals surface area contributed by atoms with E-state index < -0.39 is 17.8 Å². The number of amides is 2. The van der Waals surface area contributed by atoms with Crippen LogP contribution in [-0.2, 0) is 16.1 Å². The molecule has 3 rings (SSSR count). The second-order valence-electron chi connectivity index (χ2n) is 6.48. The zero-order valence-corrected chi connectivity index (χ0v) is 16.8. The molecule has 0 saturated heterocycles. The van der Waals surface area contributed by atoms with Gasteiger partial charge in [-0.05, 0) is 47.5 Å². The smallest absolute Gasteiger partial charge is 0.411 e. The number of carbonyl (C=O) groups excluding carboxylic acids is 2. The van der Waals surface area contributed by atoms with Crippen LogP contribution in [0.25, 0.3) is 6.08 Å². The number of halogens is 1. The van der Waals surface area contributed by atoms with Gasteiger partial charge in [0.15, 0.2) is 0 Å². The minimum Gasteiger partial charge on any atom is -0.489 e. The van der Waals surface area contributed by atoms with Crippen LogP contribution in [0, 0.1) is 5.82 Å². The number of anilines is 2. The van der Waals surface area contributed by atoms with Crippen molar-refractivity contribution in [1.29, 1.82) is 0 Å². The number of methoxy groups -OCH3 is 1. The summed E-state index contributed by atoms with van der Waals surface area (Å²) in [6, 6.07) is 21.0. The Bertz CT molecular complexity index is 1080. The van der Waals surface area contributed by atoms with Crippen molar-refractivity contribution in [2.45, 2.75) is 6.61 Å². The molecule has 7 heteroatoms. The van der Waals surface area contributed by atoms with Crippen molar-refractivity contribution in [2.75, 3.05) is 17.7 Å². The average Bonchev–Trinajstić information content (AvgIpc) is 2.79. The van der Waals surface area contributed by atoms with E-state index in [0.29, 0.717) is 18.0 Å². The van der Waals surface area contributed by atoms with Crippen molar-refractivity contribution in [3.8, 4) is 5.75 Å². The van der Waals surface area contributed by atoms with Crippen molar-refractivity contribution in [3.63, 3.8) is 0 Å². The van der Waals surface area contributed by atoms with Gasteiger partial charge in [-0.1, -0.05) is 42.5 Å². The lowest BCUT2D eigenvalue weighted by atomic mass is 10.2. The van der Waals surface area contributed by atoms with Crippen LogP contribution in [-0.4, -0.2) is 19.1 Å². The van der Waals surface area contributed by atoms with Gasteiger partial charge >= 0.3 is 6.09 Å². The number of rotatable bonds is 7. The third-order valence-electron chi connectivity index (χ3n) is 4.19. The number of hydrogen-bond donors (Lipinski definition) is 2. The highest BCUT2D eigenvalue weighted by Gasteiger charge is 2.09. The summed E-state index contributed by atoms with van der Waals surface area (Å²) in [5.74, 6) is -0.374. The molecule has 6 nitrogen and oxygen atoms in total. The molecule has 0 aromatic heterocycles. The Morgan fingerprint density at radius 3 is 2.55 bits per heavy atom. The molecule has 0 aliphatic carbocycles. The average molecular weight is 420 g/mol. The Kier molecular flexibility index (Phi) is 7.37. The first-order valence-electron chi connectivity index (χ1n) is 9.44. The predicted molar refractivity (Wildman–Crippen MR) is 117 cm³/mol. The topological polar surface area (TPSA) is 76.7 Å². The van der Waals surface area contributed by atoms with Crippen molar-refractivity contribution in [3.05, 3.63) is 95.8 Å². The van der Waals surface area contributed by atoms with E-state index in [1.165, 1.54) is 25.3 Å². The van der Waals surface area contributed by atoms with Crippen LogP contribution < -0.4 is 15.4 Å². The van der Waals surface area contributed by atoms with Crippen LogP contribution in [0.2, 0.25) is 0 Å². The zero-order chi connectivity index (χ0) is 22.1. The zero-order valence-electron chi connectivity index (χ0n) is 16.8. The van der Waals surface area contributed by atoms with Crippen LogP contribution in [0.3, 0.4) is 0 Å². The normalized spacial score (nSPS) is 10.5. The van der Waals surface area contributed by atoms with E-state index in [2.05, 4.69) is 15.4 Å². The molecule has 0 saturated carbocycles. The van der Waals surface area contributed by atoms with E-state index in [1.807, 2.05) is 54.6 Å². The summed E-state index contributed by atoms with van der Waals surface area (Å²) in [5, 5.41) is 4.86. The number of carbonyl (C=O) groups is 2. The van der Waals surface area contributed by atoms with E-state index in [0.717, 1.165) is 17.2 Å². The molecule has 0 aliphatic rings. The molecule has 2 N–H and O–H groups in total. The monoisotopic (exact) mass is 420 g/mol. The van der Waals surface area contributed by atoms with E-state index in [4.69, 9.17) is 4.74 Å². The number of nitrogens with one attached hydrogen (secondary N) is 2. The Morgan fingerprint density at radius 1 is 0.968 bits per heavy atom. The van der Waals surface area contributed by atoms with E-state index >= 15 is 0 Å². The van der Waals surface area contributed by atoms with Crippen molar-refractivity contribution < 1.29 is 23.5 Å². The maximum atomic E-state index is 13.8. The summed E-state index contributed by atoms with van der Waals surface area (Å²) in [4.78, 5) is 23.5. The second kappa shape index (κ2) is 10.6. The first kappa shape index (κ1) is 21.6. The molecule has 0 heterocycles. The van der Waals surface area contributed by atoms with Gasteiger partial charge in [0.25, 0.3) is 0 Å². The summed E-state index contributed by atoms with van der Waals surface area (Å²) in [6.07, 6.45) is 2.19. The molecule has 31 heavy (non-hydrogen) atoms. The molecule has 2 amide bonds. The number of ether oxygens (including phenoxy) is 2. The minimum atomic E-state index is -0.809. The molecule has 3 aromatic carbocycles. The summed E-state index contributed by atoms with van der Waals surface area (Å²) in [5.41, 5.74) is 2.07.